The SMILES string of the molecule is Cc1ccc(CS(=O)(=O)NCCn2ccc(C(F)(F)F)n2)cc1. The Morgan fingerprint density at radius 2 is 1.83 bits per heavy atom. The summed E-state index contributed by atoms with van der Waals surface area (Å²) in [5, 5.41) is 3.35. The monoisotopic (exact) mass is 347 g/mol. The van der Waals surface area contributed by atoms with Crippen molar-refractivity contribution in [3.8, 4) is 0 Å². The van der Waals surface area contributed by atoms with Gasteiger partial charge in [0.25, 0.3) is 0 Å². The number of halogens is 3. The summed E-state index contributed by atoms with van der Waals surface area (Å²) in [6.07, 6.45) is -3.34. The molecule has 1 N–H and O–H groups in total. The first-order valence-corrected chi connectivity index (χ1v) is 8.44. The van der Waals surface area contributed by atoms with Gasteiger partial charge in [-0.3, -0.25) is 4.68 Å². The van der Waals surface area contributed by atoms with Crippen LogP contribution in [0.25, 0.3) is 0 Å². The summed E-state index contributed by atoms with van der Waals surface area (Å²) in [5.74, 6) is -0.180. The quantitative estimate of drug-likeness (QED) is 0.872. The maximum Gasteiger partial charge on any atom is 0.435 e. The van der Waals surface area contributed by atoms with Crippen molar-refractivity contribution in [1.82, 2.24) is 14.5 Å². The van der Waals surface area contributed by atoms with Crippen molar-refractivity contribution in [3.63, 3.8) is 0 Å². The molecule has 0 unspecified atom stereocenters. The molecule has 9 heteroatoms. The normalized spacial score (nSPS) is 12.5. The summed E-state index contributed by atoms with van der Waals surface area (Å²) in [7, 11) is -3.55. The third kappa shape index (κ3) is 5.36. The highest BCUT2D eigenvalue weighted by Gasteiger charge is 2.33. The molecular formula is C14H16F3N3O2S. The molecule has 0 saturated heterocycles. The standard InChI is InChI=1S/C14H16F3N3O2S/c1-11-2-4-12(5-3-11)10-23(21,22)18-7-9-20-8-6-13(19-20)14(15,16)17/h2-6,8,18H,7,9-10H2,1H3. The van der Waals surface area contributed by atoms with Crippen molar-refractivity contribution in [2.24, 2.45) is 0 Å². The molecule has 0 amide bonds. The molecule has 0 aliphatic carbocycles. The van der Waals surface area contributed by atoms with Crippen LogP contribution in [0.5, 0.6) is 0 Å². The lowest BCUT2D eigenvalue weighted by Crippen LogP contribution is -2.28. The predicted molar refractivity (Wildman–Crippen MR) is 79.0 cm³/mol. The Hall–Kier alpha value is -1.87. The maximum absolute atomic E-state index is 12.4. The average Bonchev–Trinajstić information content (AvgIpc) is 2.90. The Morgan fingerprint density at radius 3 is 2.39 bits per heavy atom. The van der Waals surface area contributed by atoms with Gasteiger partial charge in [-0.15, -0.1) is 0 Å². The van der Waals surface area contributed by atoms with Gasteiger partial charge in [0.1, 0.15) is 0 Å². The smallest absolute Gasteiger partial charge is 0.271 e. The molecule has 1 heterocycles. The van der Waals surface area contributed by atoms with Gasteiger partial charge in [0, 0.05) is 12.7 Å². The largest absolute Gasteiger partial charge is 0.435 e. The summed E-state index contributed by atoms with van der Waals surface area (Å²) in [4.78, 5) is 0. The Labute approximate surface area is 132 Å². The molecule has 0 radical (unpaired) electrons. The second-order valence-corrected chi connectivity index (χ2v) is 6.91. The van der Waals surface area contributed by atoms with Crippen LogP contribution in [-0.4, -0.2) is 24.7 Å². The van der Waals surface area contributed by atoms with E-state index in [1.807, 2.05) is 19.1 Å². The highest BCUT2D eigenvalue weighted by Crippen LogP contribution is 2.27. The lowest BCUT2D eigenvalue weighted by Gasteiger charge is -2.07. The van der Waals surface area contributed by atoms with E-state index in [0.717, 1.165) is 22.5 Å². The van der Waals surface area contributed by atoms with E-state index in [9.17, 15) is 21.6 Å². The zero-order valence-electron chi connectivity index (χ0n) is 12.3. The number of nitrogens with zero attached hydrogens (tertiary/aromatic N) is 2. The zero-order valence-corrected chi connectivity index (χ0v) is 13.2. The average molecular weight is 347 g/mol. The maximum atomic E-state index is 12.4. The molecule has 0 aliphatic rings. The van der Waals surface area contributed by atoms with E-state index in [-0.39, 0.29) is 18.8 Å². The van der Waals surface area contributed by atoms with Gasteiger partial charge in [0.15, 0.2) is 5.69 Å². The second kappa shape index (κ2) is 6.71. The summed E-state index contributed by atoms with van der Waals surface area (Å²) >= 11 is 0. The van der Waals surface area contributed by atoms with Crippen molar-refractivity contribution in [2.75, 3.05) is 6.54 Å². The van der Waals surface area contributed by atoms with E-state index in [2.05, 4.69) is 9.82 Å². The van der Waals surface area contributed by atoms with E-state index in [1.165, 1.54) is 0 Å². The lowest BCUT2D eigenvalue weighted by atomic mass is 10.2. The first kappa shape index (κ1) is 17.5. The molecule has 0 fully saturated rings. The van der Waals surface area contributed by atoms with Crippen LogP contribution in [0.3, 0.4) is 0 Å². The van der Waals surface area contributed by atoms with Crippen LogP contribution in [0.1, 0.15) is 16.8 Å². The molecule has 1 aromatic heterocycles. The molecule has 0 spiro atoms. The molecule has 5 nitrogen and oxygen atoms in total. The van der Waals surface area contributed by atoms with Crippen LogP contribution in [0, 0.1) is 6.92 Å². The molecule has 1 aromatic carbocycles. The fourth-order valence-corrected chi connectivity index (χ4v) is 3.04. The van der Waals surface area contributed by atoms with E-state index >= 15 is 0 Å². The summed E-state index contributed by atoms with van der Waals surface area (Å²) in [5.41, 5.74) is 0.666. The molecule has 0 aliphatic heterocycles. The Kier molecular flexibility index (Phi) is 5.10. The van der Waals surface area contributed by atoms with Crippen molar-refractivity contribution >= 4 is 10.0 Å². The van der Waals surface area contributed by atoms with Crippen molar-refractivity contribution < 1.29 is 21.6 Å². The number of hydrogen-bond donors (Lipinski definition) is 1. The minimum atomic E-state index is -4.50. The van der Waals surface area contributed by atoms with Crippen molar-refractivity contribution in [2.45, 2.75) is 25.4 Å². The Bertz CT molecular complexity index is 752. The first-order valence-electron chi connectivity index (χ1n) is 6.79. The van der Waals surface area contributed by atoms with Crippen LogP contribution in [-0.2, 0) is 28.5 Å². The minimum Gasteiger partial charge on any atom is -0.271 e. The van der Waals surface area contributed by atoms with Crippen LogP contribution >= 0.6 is 0 Å². The highest BCUT2D eigenvalue weighted by molar-refractivity contribution is 7.88. The van der Waals surface area contributed by atoms with Crippen LogP contribution < -0.4 is 4.72 Å². The lowest BCUT2D eigenvalue weighted by molar-refractivity contribution is -0.141. The topological polar surface area (TPSA) is 64.0 Å². The first-order chi connectivity index (χ1) is 10.7. The number of hydrogen-bond acceptors (Lipinski definition) is 3. The number of aromatic nitrogens is 2. The van der Waals surface area contributed by atoms with Gasteiger partial charge < -0.3 is 0 Å². The van der Waals surface area contributed by atoms with E-state index in [4.69, 9.17) is 0 Å². The molecule has 0 saturated carbocycles. The van der Waals surface area contributed by atoms with Gasteiger partial charge in [-0.25, -0.2) is 13.1 Å². The molecule has 23 heavy (non-hydrogen) atoms. The van der Waals surface area contributed by atoms with Gasteiger partial charge >= 0.3 is 6.18 Å². The fourth-order valence-electron chi connectivity index (χ4n) is 1.91. The number of alkyl halides is 3. The number of sulfonamides is 1. The number of benzene rings is 1. The third-order valence-corrected chi connectivity index (χ3v) is 4.43. The van der Waals surface area contributed by atoms with Crippen LogP contribution in [0.2, 0.25) is 0 Å². The van der Waals surface area contributed by atoms with E-state index < -0.39 is 21.9 Å². The van der Waals surface area contributed by atoms with Gasteiger partial charge in [0.2, 0.25) is 10.0 Å². The Balaban J connectivity index is 1.87. The number of aryl methyl sites for hydroxylation is 1. The van der Waals surface area contributed by atoms with Crippen molar-refractivity contribution in [3.05, 3.63) is 53.3 Å². The van der Waals surface area contributed by atoms with Crippen molar-refractivity contribution in [1.29, 1.82) is 0 Å². The fraction of sp³-hybridized carbons (Fsp3) is 0.357. The zero-order chi connectivity index (χ0) is 17.1. The molecule has 126 valence electrons. The number of rotatable bonds is 6. The van der Waals surface area contributed by atoms with Crippen LogP contribution in [0.4, 0.5) is 13.2 Å². The van der Waals surface area contributed by atoms with E-state index in [1.54, 1.807) is 12.1 Å². The van der Waals surface area contributed by atoms with Gasteiger partial charge in [-0.1, -0.05) is 29.8 Å². The third-order valence-electron chi connectivity index (χ3n) is 3.07. The van der Waals surface area contributed by atoms with Crippen LogP contribution in [0.15, 0.2) is 36.5 Å². The predicted octanol–water partition coefficient (Wildman–Crippen LogP) is 2.33. The second-order valence-electron chi connectivity index (χ2n) is 5.10. The molecule has 2 aromatic rings. The summed E-state index contributed by atoms with van der Waals surface area (Å²) in [6.45, 7) is 1.88. The summed E-state index contributed by atoms with van der Waals surface area (Å²) in [6, 6.07) is 7.91. The Morgan fingerprint density at radius 1 is 1.17 bits per heavy atom. The molecule has 0 bridgehead atoms. The van der Waals surface area contributed by atoms with Gasteiger partial charge in [-0.05, 0) is 18.6 Å². The van der Waals surface area contributed by atoms with Gasteiger partial charge in [0.05, 0.1) is 12.3 Å². The van der Waals surface area contributed by atoms with E-state index in [0.29, 0.717) is 5.56 Å². The molecular weight excluding hydrogens is 331 g/mol. The molecule has 2 rings (SSSR count). The van der Waals surface area contributed by atoms with Gasteiger partial charge in [-0.2, -0.15) is 18.3 Å². The molecule has 0 atom stereocenters. The highest BCUT2D eigenvalue weighted by atomic mass is 32.2. The minimum absolute atomic E-state index is 0.0171. The summed E-state index contributed by atoms with van der Waals surface area (Å²) < 4.78 is 64.4. The number of nitrogens with one attached hydrogen (secondary N) is 1.